The summed E-state index contributed by atoms with van der Waals surface area (Å²) in [7, 11) is 0. The average molecular weight is 323 g/mol. The SMILES string of the molecule is CCCOC(=O)c1cc([N+](=O)[O-])ccc1Sc1nncn1N. The predicted molar refractivity (Wildman–Crippen MR) is 78.0 cm³/mol. The summed E-state index contributed by atoms with van der Waals surface area (Å²) < 4.78 is 6.24. The van der Waals surface area contributed by atoms with E-state index in [1.54, 1.807) is 0 Å². The number of rotatable bonds is 6. The van der Waals surface area contributed by atoms with Crippen LogP contribution in [0.25, 0.3) is 0 Å². The van der Waals surface area contributed by atoms with Crippen molar-refractivity contribution in [1.82, 2.24) is 14.9 Å². The van der Waals surface area contributed by atoms with Crippen LogP contribution in [-0.2, 0) is 4.74 Å². The van der Waals surface area contributed by atoms with Gasteiger partial charge in [-0.2, -0.15) is 0 Å². The number of carbonyl (C=O) groups excluding carboxylic acids is 1. The number of nitro groups is 1. The van der Waals surface area contributed by atoms with Crippen LogP contribution in [0.3, 0.4) is 0 Å². The van der Waals surface area contributed by atoms with Gasteiger partial charge in [0.15, 0.2) is 0 Å². The fraction of sp³-hybridized carbons (Fsp3) is 0.250. The number of esters is 1. The van der Waals surface area contributed by atoms with Crippen molar-refractivity contribution in [2.75, 3.05) is 12.4 Å². The average Bonchev–Trinajstić information content (AvgIpc) is 2.90. The number of carbonyl (C=O) groups is 1. The highest BCUT2D eigenvalue weighted by atomic mass is 32.2. The zero-order valence-electron chi connectivity index (χ0n) is 11.6. The second kappa shape index (κ2) is 6.89. The Labute approximate surface area is 129 Å². The van der Waals surface area contributed by atoms with Gasteiger partial charge in [0.25, 0.3) is 5.69 Å². The molecular weight excluding hydrogens is 310 g/mol. The van der Waals surface area contributed by atoms with Gasteiger partial charge in [0.05, 0.1) is 17.1 Å². The molecule has 0 atom stereocenters. The molecule has 22 heavy (non-hydrogen) atoms. The summed E-state index contributed by atoms with van der Waals surface area (Å²) in [5, 5.41) is 18.6. The molecule has 0 amide bonds. The number of nitrogen functional groups attached to an aromatic ring is 1. The molecule has 0 radical (unpaired) electrons. The van der Waals surface area contributed by atoms with Crippen LogP contribution in [0.1, 0.15) is 23.7 Å². The molecule has 2 rings (SSSR count). The highest BCUT2D eigenvalue weighted by Gasteiger charge is 2.20. The number of nitrogens with two attached hydrogens (primary N) is 1. The second-order valence-corrected chi connectivity index (χ2v) is 5.21. The predicted octanol–water partition coefficient (Wildman–Crippen LogP) is 1.62. The van der Waals surface area contributed by atoms with Crippen molar-refractivity contribution in [2.45, 2.75) is 23.4 Å². The summed E-state index contributed by atoms with van der Waals surface area (Å²) in [5.74, 6) is 4.99. The maximum atomic E-state index is 12.1. The summed E-state index contributed by atoms with van der Waals surface area (Å²) in [6, 6.07) is 3.94. The van der Waals surface area contributed by atoms with Gasteiger partial charge < -0.3 is 10.6 Å². The third-order valence-electron chi connectivity index (χ3n) is 2.57. The zero-order chi connectivity index (χ0) is 16.1. The lowest BCUT2D eigenvalue weighted by molar-refractivity contribution is -0.384. The number of hydrogen-bond acceptors (Lipinski definition) is 8. The molecule has 1 aromatic carbocycles. The summed E-state index contributed by atoms with van der Waals surface area (Å²) >= 11 is 1.07. The molecule has 0 saturated carbocycles. The molecule has 1 aromatic heterocycles. The van der Waals surface area contributed by atoms with Crippen molar-refractivity contribution in [3.8, 4) is 0 Å². The topological polar surface area (TPSA) is 126 Å². The summed E-state index contributed by atoms with van der Waals surface area (Å²) in [4.78, 5) is 22.8. The van der Waals surface area contributed by atoms with E-state index in [9.17, 15) is 14.9 Å². The van der Waals surface area contributed by atoms with Gasteiger partial charge in [-0.1, -0.05) is 6.92 Å². The van der Waals surface area contributed by atoms with E-state index in [0.717, 1.165) is 11.8 Å². The first-order chi connectivity index (χ1) is 10.5. The first-order valence-electron chi connectivity index (χ1n) is 6.31. The van der Waals surface area contributed by atoms with Gasteiger partial charge in [-0.3, -0.25) is 10.1 Å². The Hall–Kier alpha value is -2.62. The van der Waals surface area contributed by atoms with E-state index in [1.807, 2.05) is 6.92 Å². The molecule has 0 aliphatic heterocycles. The number of nitro benzene ring substituents is 1. The highest BCUT2D eigenvalue weighted by molar-refractivity contribution is 7.99. The molecule has 0 aliphatic carbocycles. The van der Waals surface area contributed by atoms with Gasteiger partial charge in [0.1, 0.15) is 6.33 Å². The van der Waals surface area contributed by atoms with Crippen molar-refractivity contribution >= 4 is 23.4 Å². The number of ether oxygens (including phenoxy) is 1. The molecule has 0 spiro atoms. The highest BCUT2D eigenvalue weighted by Crippen LogP contribution is 2.31. The molecule has 0 aliphatic rings. The van der Waals surface area contributed by atoms with E-state index in [2.05, 4.69) is 10.2 Å². The van der Waals surface area contributed by atoms with Crippen LogP contribution in [0.4, 0.5) is 5.69 Å². The Kier molecular flexibility index (Phi) is 4.94. The van der Waals surface area contributed by atoms with Gasteiger partial charge in [0.2, 0.25) is 5.16 Å². The third-order valence-corrected chi connectivity index (χ3v) is 3.62. The lowest BCUT2D eigenvalue weighted by Gasteiger charge is -2.08. The van der Waals surface area contributed by atoms with Crippen LogP contribution in [-0.4, -0.2) is 32.4 Å². The Balaban J connectivity index is 2.37. The summed E-state index contributed by atoms with van der Waals surface area (Å²) in [5.41, 5.74) is -0.0994. The minimum Gasteiger partial charge on any atom is -0.462 e. The number of aromatic nitrogens is 3. The van der Waals surface area contributed by atoms with E-state index in [4.69, 9.17) is 10.6 Å². The molecule has 0 bridgehead atoms. The minimum atomic E-state index is -0.629. The molecule has 0 fully saturated rings. The zero-order valence-corrected chi connectivity index (χ0v) is 12.4. The van der Waals surface area contributed by atoms with Crippen LogP contribution in [0, 0.1) is 10.1 Å². The molecule has 116 valence electrons. The Morgan fingerprint density at radius 3 is 2.91 bits per heavy atom. The Bertz CT molecular complexity index is 703. The number of benzene rings is 1. The van der Waals surface area contributed by atoms with Crippen LogP contribution in [0.15, 0.2) is 34.6 Å². The molecule has 2 aromatic rings. The van der Waals surface area contributed by atoms with Crippen molar-refractivity contribution in [3.63, 3.8) is 0 Å². The van der Waals surface area contributed by atoms with Gasteiger partial charge in [-0.25, -0.2) is 9.47 Å². The van der Waals surface area contributed by atoms with E-state index >= 15 is 0 Å². The molecule has 2 N–H and O–H groups in total. The van der Waals surface area contributed by atoms with E-state index in [-0.39, 0.29) is 17.9 Å². The summed E-state index contributed by atoms with van der Waals surface area (Å²) in [6.45, 7) is 2.09. The van der Waals surface area contributed by atoms with Crippen molar-refractivity contribution in [1.29, 1.82) is 0 Å². The standard InChI is InChI=1S/C12H13N5O4S/c1-2-5-21-11(18)9-6-8(17(19)20)3-4-10(9)22-12-15-14-7-16(12)13/h3-4,6-7H,2,5,13H2,1H3. The third kappa shape index (κ3) is 3.52. The normalized spacial score (nSPS) is 10.4. The lowest BCUT2D eigenvalue weighted by atomic mass is 10.2. The maximum absolute atomic E-state index is 12.1. The fourth-order valence-electron chi connectivity index (χ4n) is 1.56. The summed E-state index contributed by atoms with van der Waals surface area (Å²) in [6.07, 6.45) is 1.96. The fourth-order valence-corrected chi connectivity index (χ4v) is 2.38. The lowest BCUT2D eigenvalue weighted by Crippen LogP contribution is -2.10. The Morgan fingerprint density at radius 2 is 2.32 bits per heavy atom. The maximum Gasteiger partial charge on any atom is 0.339 e. The first-order valence-corrected chi connectivity index (χ1v) is 7.13. The van der Waals surface area contributed by atoms with Crippen LogP contribution in [0.2, 0.25) is 0 Å². The molecule has 0 saturated heterocycles. The van der Waals surface area contributed by atoms with Crippen molar-refractivity contribution in [3.05, 3.63) is 40.2 Å². The van der Waals surface area contributed by atoms with Crippen molar-refractivity contribution in [2.24, 2.45) is 0 Å². The largest absolute Gasteiger partial charge is 0.462 e. The van der Waals surface area contributed by atoms with Crippen LogP contribution >= 0.6 is 11.8 Å². The van der Waals surface area contributed by atoms with E-state index in [1.165, 1.54) is 29.2 Å². The van der Waals surface area contributed by atoms with Gasteiger partial charge >= 0.3 is 5.97 Å². The molecule has 1 heterocycles. The minimum absolute atomic E-state index is 0.0932. The Morgan fingerprint density at radius 1 is 1.55 bits per heavy atom. The smallest absolute Gasteiger partial charge is 0.339 e. The number of non-ortho nitro benzene ring substituents is 1. The first kappa shape index (κ1) is 15.8. The van der Waals surface area contributed by atoms with Gasteiger partial charge in [-0.05, 0) is 24.2 Å². The number of hydrogen-bond donors (Lipinski definition) is 1. The quantitative estimate of drug-likeness (QED) is 0.368. The van der Waals surface area contributed by atoms with E-state index < -0.39 is 10.9 Å². The van der Waals surface area contributed by atoms with Gasteiger partial charge in [0, 0.05) is 17.0 Å². The number of nitrogens with zero attached hydrogens (tertiary/aromatic N) is 4. The molecule has 10 heteroatoms. The molecule has 0 unspecified atom stereocenters. The van der Waals surface area contributed by atoms with Crippen molar-refractivity contribution < 1.29 is 14.5 Å². The van der Waals surface area contributed by atoms with E-state index in [0.29, 0.717) is 16.5 Å². The van der Waals surface area contributed by atoms with Gasteiger partial charge in [-0.15, -0.1) is 10.2 Å². The second-order valence-electron chi connectivity index (χ2n) is 4.20. The monoisotopic (exact) mass is 323 g/mol. The van der Waals surface area contributed by atoms with Crippen LogP contribution < -0.4 is 5.84 Å². The molecule has 9 nitrogen and oxygen atoms in total. The molecular formula is C12H13N5O4S. The van der Waals surface area contributed by atoms with Crippen LogP contribution in [0.5, 0.6) is 0 Å².